The number of carbonyl (C=O) groups is 3. The predicted octanol–water partition coefficient (Wildman–Crippen LogP) is 4.88. The molecule has 5 rings (SSSR count). The number of ketones is 1. The zero-order valence-corrected chi connectivity index (χ0v) is 18.6. The molecule has 3 aromatic carbocycles. The van der Waals surface area contributed by atoms with Gasteiger partial charge in [-0.25, -0.2) is 4.79 Å². The summed E-state index contributed by atoms with van der Waals surface area (Å²) in [7, 11) is 1.35. The maximum Gasteiger partial charge on any atom is 0.337 e. The molecule has 164 valence electrons. The lowest BCUT2D eigenvalue weighted by molar-refractivity contribution is 0.0600. The van der Waals surface area contributed by atoms with E-state index in [4.69, 9.17) is 4.74 Å². The van der Waals surface area contributed by atoms with Gasteiger partial charge in [-0.05, 0) is 61.7 Å². The molecule has 6 nitrogen and oxygen atoms in total. The van der Waals surface area contributed by atoms with Crippen molar-refractivity contribution >= 4 is 34.1 Å². The fourth-order valence-electron chi connectivity index (χ4n) is 4.67. The second-order valence-electron chi connectivity index (χ2n) is 8.15. The summed E-state index contributed by atoms with van der Waals surface area (Å²) < 4.78 is 6.73. The van der Waals surface area contributed by atoms with Crippen LogP contribution in [0.1, 0.15) is 42.5 Å². The first-order valence-corrected chi connectivity index (χ1v) is 10.6. The number of carbonyl (C=O) groups excluding carboxylic acids is 3. The lowest BCUT2D eigenvalue weighted by Crippen LogP contribution is -2.32. The van der Waals surface area contributed by atoms with Crippen LogP contribution in [0, 0.1) is 13.8 Å². The van der Waals surface area contributed by atoms with Crippen LogP contribution in [0.5, 0.6) is 0 Å². The van der Waals surface area contributed by atoms with Gasteiger partial charge in [-0.2, -0.15) is 0 Å². The zero-order valence-electron chi connectivity index (χ0n) is 18.6. The lowest BCUT2D eigenvalue weighted by atomic mass is 10.1. The number of hydrogen-bond acceptors (Lipinski definition) is 4. The summed E-state index contributed by atoms with van der Waals surface area (Å²) in [5, 5.41) is 1.89. The average Bonchev–Trinajstić information content (AvgIpc) is 3.28. The number of benzene rings is 3. The van der Waals surface area contributed by atoms with Gasteiger partial charge >= 0.3 is 5.97 Å². The number of aromatic nitrogens is 1. The van der Waals surface area contributed by atoms with Crippen molar-refractivity contribution in [3.8, 4) is 5.69 Å². The van der Waals surface area contributed by atoms with Gasteiger partial charge in [0.25, 0.3) is 5.91 Å². The molecule has 2 heterocycles. The molecular weight excluding hydrogens is 416 g/mol. The number of ether oxygens (including phenoxy) is 1. The third-order valence-electron chi connectivity index (χ3n) is 6.23. The maximum atomic E-state index is 13.3. The summed E-state index contributed by atoms with van der Waals surface area (Å²) in [5.74, 6) is -0.675. The normalized spacial score (nSPS) is 12.5. The highest BCUT2D eigenvalue weighted by Gasteiger charge is 2.31. The molecule has 4 aromatic rings. The molecule has 0 atom stereocenters. The van der Waals surface area contributed by atoms with E-state index in [9.17, 15) is 14.4 Å². The Morgan fingerprint density at radius 3 is 2.33 bits per heavy atom. The van der Waals surface area contributed by atoms with Crippen molar-refractivity contribution in [2.24, 2.45) is 0 Å². The second kappa shape index (κ2) is 7.74. The van der Waals surface area contributed by atoms with E-state index in [1.807, 2.05) is 73.0 Å². The van der Waals surface area contributed by atoms with Crippen LogP contribution < -0.4 is 4.90 Å². The van der Waals surface area contributed by atoms with Crippen molar-refractivity contribution < 1.29 is 19.1 Å². The number of rotatable bonds is 5. The molecule has 1 aromatic heterocycles. The topological polar surface area (TPSA) is 68.6 Å². The first kappa shape index (κ1) is 20.7. The SMILES string of the molecule is COC(=O)c1ccc(-n2c(C)cc(C(=O)CN3C(=O)c4cccc5cccc3c45)c2C)cc1. The molecular formula is C27H22N2O4. The van der Waals surface area contributed by atoms with Crippen molar-refractivity contribution in [3.63, 3.8) is 0 Å². The fourth-order valence-corrected chi connectivity index (χ4v) is 4.67. The molecule has 33 heavy (non-hydrogen) atoms. The summed E-state index contributed by atoms with van der Waals surface area (Å²) >= 11 is 0. The van der Waals surface area contributed by atoms with Gasteiger partial charge < -0.3 is 9.30 Å². The average molecular weight is 438 g/mol. The largest absolute Gasteiger partial charge is 0.465 e. The van der Waals surface area contributed by atoms with Gasteiger partial charge in [0, 0.05) is 33.6 Å². The van der Waals surface area contributed by atoms with Crippen LogP contribution >= 0.6 is 0 Å². The van der Waals surface area contributed by atoms with Crippen LogP contribution in [-0.4, -0.2) is 35.9 Å². The molecule has 1 amide bonds. The summed E-state index contributed by atoms with van der Waals surface area (Å²) in [4.78, 5) is 39.7. The Bertz CT molecular complexity index is 1440. The van der Waals surface area contributed by atoms with Crippen molar-refractivity contribution in [3.05, 3.63) is 94.8 Å². The van der Waals surface area contributed by atoms with Crippen LogP contribution in [0.2, 0.25) is 0 Å². The summed E-state index contributed by atoms with van der Waals surface area (Å²) in [6.45, 7) is 3.78. The highest BCUT2D eigenvalue weighted by atomic mass is 16.5. The highest BCUT2D eigenvalue weighted by molar-refractivity contribution is 6.26. The molecule has 1 aliphatic heterocycles. The number of hydrogen-bond donors (Lipinski definition) is 0. The molecule has 0 radical (unpaired) electrons. The first-order chi connectivity index (χ1) is 15.9. The minimum atomic E-state index is -0.398. The van der Waals surface area contributed by atoms with Crippen molar-refractivity contribution in [1.29, 1.82) is 0 Å². The van der Waals surface area contributed by atoms with Crippen LogP contribution in [0.4, 0.5) is 5.69 Å². The maximum absolute atomic E-state index is 13.3. The Morgan fingerprint density at radius 2 is 1.64 bits per heavy atom. The minimum absolute atomic E-state index is 0.0296. The molecule has 0 bridgehead atoms. The van der Waals surface area contributed by atoms with E-state index in [1.54, 1.807) is 17.0 Å². The Labute approximate surface area is 191 Å². The number of methoxy groups -OCH3 is 1. The number of anilines is 1. The summed E-state index contributed by atoms with van der Waals surface area (Å²) in [5.41, 5.74) is 4.94. The molecule has 0 saturated carbocycles. The summed E-state index contributed by atoms with van der Waals surface area (Å²) in [6.07, 6.45) is 0. The highest BCUT2D eigenvalue weighted by Crippen LogP contribution is 2.37. The number of amides is 1. The van der Waals surface area contributed by atoms with Crippen LogP contribution in [0.3, 0.4) is 0 Å². The standard InChI is InChI=1S/C27H22N2O4/c1-16-14-22(17(2)29(16)20-12-10-19(11-13-20)27(32)33-3)24(30)15-28-23-9-5-7-18-6-4-8-21(25(18)23)26(28)31/h4-14H,15H2,1-3H3. The molecule has 0 fully saturated rings. The molecule has 6 heteroatoms. The molecule has 0 saturated heterocycles. The monoisotopic (exact) mass is 438 g/mol. The van der Waals surface area contributed by atoms with Gasteiger partial charge in [0.1, 0.15) is 0 Å². The smallest absolute Gasteiger partial charge is 0.337 e. The molecule has 1 aliphatic rings. The predicted molar refractivity (Wildman–Crippen MR) is 127 cm³/mol. The quantitative estimate of drug-likeness (QED) is 0.329. The third kappa shape index (κ3) is 3.22. The summed E-state index contributed by atoms with van der Waals surface area (Å²) in [6, 6.07) is 20.3. The Morgan fingerprint density at radius 1 is 0.939 bits per heavy atom. The number of aryl methyl sites for hydroxylation is 1. The van der Waals surface area contributed by atoms with Crippen LogP contribution in [-0.2, 0) is 4.74 Å². The van der Waals surface area contributed by atoms with Gasteiger partial charge in [-0.1, -0.05) is 24.3 Å². The van der Waals surface area contributed by atoms with E-state index in [0.717, 1.165) is 33.5 Å². The number of esters is 1. The van der Waals surface area contributed by atoms with Gasteiger partial charge in [0.05, 0.1) is 24.9 Å². The van der Waals surface area contributed by atoms with E-state index in [-0.39, 0.29) is 18.2 Å². The minimum Gasteiger partial charge on any atom is -0.465 e. The zero-order chi connectivity index (χ0) is 23.3. The molecule has 0 N–H and O–H groups in total. The van der Waals surface area contributed by atoms with Crippen molar-refractivity contribution in [2.45, 2.75) is 13.8 Å². The fraction of sp³-hybridized carbons (Fsp3) is 0.148. The Balaban J connectivity index is 1.46. The van der Waals surface area contributed by atoms with E-state index >= 15 is 0 Å². The van der Waals surface area contributed by atoms with Crippen molar-refractivity contribution in [1.82, 2.24) is 4.57 Å². The Hall–Kier alpha value is -4.19. The molecule has 0 unspecified atom stereocenters. The number of Topliss-reactive ketones (excluding diaryl/α,β-unsaturated/α-hetero) is 1. The van der Waals surface area contributed by atoms with E-state index < -0.39 is 5.97 Å². The van der Waals surface area contributed by atoms with E-state index in [1.165, 1.54) is 7.11 Å². The third-order valence-corrected chi connectivity index (χ3v) is 6.23. The van der Waals surface area contributed by atoms with Gasteiger partial charge in [-0.15, -0.1) is 0 Å². The molecule has 0 aliphatic carbocycles. The van der Waals surface area contributed by atoms with E-state index in [2.05, 4.69) is 0 Å². The van der Waals surface area contributed by atoms with Crippen LogP contribution in [0.25, 0.3) is 16.5 Å². The number of nitrogens with zero attached hydrogens (tertiary/aromatic N) is 2. The first-order valence-electron chi connectivity index (χ1n) is 10.6. The molecule has 0 spiro atoms. The van der Waals surface area contributed by atoms with E-state index in [0.29, 0.717) is 16.7 Å². The second-order valence-corrected chi connectivity index (χ2v) is 8.15. The Kier molecular flexibility index (Phi) is 4.86. The van der Waals surface area contributed by atoms with Gasteiger partial charge in [0.2, 0.25) is 0 Å². The van der Waals surface area contributed by atoms with Crippen LogP contribution in [0.15, 0.2) is 66.7 Å². The van der Waals surface area contributed by atoms with Crippen molar-refractivity contribution in [2.75, 3.05) is 18.6 Å². The lowest BCUT2D eigenvalue weighted by Gasteiger charge is -2.17. The van der Waals surface area contributed by atoms with Gasteiger partial charge in [0.15, 0.2) is 5.78 Å². The van der Waals surface area contributed by atoms with Gasteiger partial charge in [-0.3, -0.25) is 14.5 Å².